The van der Waals surface area contributed by atoms with E-state index in [1.807, 2.05) is 16.9 Å². The van der Waals surface area contributed by atoms with Gasteiger partial charge in [-0.15, -0.1) is 0 Å². The van der Waals surface area contributed by atoms with Gasteiger partial charge in [-0.3, -0.25) is 9.58 Å². The Morgan fingerprint density at radius 3 is 2.93 bits per heavy atom. The molecule has 4 heteroatoms. The zero-order valence-electron chi connectivity index (χ0n) is 8.50. The van der Waals surface area contributed by atoms with Gasteiger partial charge in [0.1, 0.15) is 0 Å². The maximum Gasteiger partial charge on any atom is 0.0682 e. The van der Waals surface area contributed by atoms with Gasteiger partial charge in [0.05, 0.1) is 12.6 Å². The summed E-state index contributed by atoms with van der Waals surface area (Å²) in [5.41, 5.74) is 0. The van der Waals surface area contributed by atoms with Crippen molar-refractivity contribution in [2.75, 3.05) is 13.1 Å². The molecule has 0 saturated carbocycles. The SMILES string of the molecule is CC1CC(O)CN1CCn1cccn1. The topological polar surface area (TPSA) is 41.3 Å². The van der Waals surface area contributed by atoms with Crippen LogP contribution in [-0.2, 0) is 6.54 Å². The van der Waals surface area contributed by atoms with E-state index in [0.29, 0.717) is 6.04 Å². The molecule has 1 aliphatic rings. The highest BCUT2D eigenvalue weighted by Crippen LogP contribution is 2.16. The lowest BCUT2D eigenvalue weighted by molar-refractivity contribution is 0.173. The molecule has 0 aromatic carbocycles. The first kappa shape index (κ1) is 9.68. The van der Waals surface area contributed by atoms with Crippen molar-refractivity contribution in [2.24, 2.45) is 0 Å². The molecule has 0 aliphatic carbocycles. The average Bonchev–Trinajstić information content (AvgIpc) is 2.72. The van der Waals surface area contributed by atoms with Crippen molar-refractivity contribution < 1.29 is 5.11 Å². The number of aromatic nitrogens is 2. The Labute approximate surface area is 84.1 Å². The normalized spacial score (nSPS) is 28.4. The number of likely N-dealkylation sites (tertiary alicyclic amines) is 1. The number of hydrogen-bond acceptors (Lipinski definition) is 3. The standard InChI is InChI=1S/C10H17N3O/c1-9-7-10(14)8-12(9)5-6-13-4-2-3-11-13/h2-4,9-10,14H,5-8H2,1H3. The van der Waals surface area contributed by atoms with E-state index in [-0.39, 0.29) is 6.10 Å². The Morgan fingerprint density at radius 2 is 2.36 bits per heavy atom. The van der Waals surface area contributed by atoms with Crippen molar-refractivity contribution in [3.63, 3.8) is 0 Å². The molecule has 2 atom stereocenters. The van der Waals surface area contributed by atoms with E-state index in [9.17, 15) is 5.11 Å². The lowest BCUT2D eigenvalue weighted by atomic mass is 10.2. The van der Waals surface area contributed by atoms with Crippen LogP contribution in [0.4, 0.5) is 0 Å². The first-order valence-corrected chi connectivity index (χ1v) is 5.15. The molecule has 4 nitrogen and oxygen atoms in total. The summed E-state index contributed by atoms with van der Waals surface area (Å²) in [5.74, 6) is 0. The summed E-state index contributed by atoms with van der Waals surface area (Å²) in [6.07, 6.45) is 4.53. The van der Waals surface area contributed by atoms with Crippen molar-refractivity contribution in [1.82, 2.24) is 14.7 Å². The van der Waals surface area contributed by atoms with Gasteiger partial charge in [0.15, 0.2) is 0 Å². The molecule has 0 spiro atoms. The molecule has 1 aromatic rings. The molecule has 1 aromatic heterocycles. The second-order valence-electron chi connectivity index (χ2n) is 4.00. The molecular formula is C10H17N3O. The van der Waals surface area contributed by atoms with Crippen LogP contribution in [0.3, 0.4) is 0 Å². The van der Waals surface area contributed by atoms with E-state index in [0.717, 1.165) is 26.1 Å². The number of aliphatic hydroxyl groups excluding tert-OH is 1. The predicted octanol–water partition coefficient (Wildman–Crippen LogP) is 0.338. The van der Waals surface area contributed by atoms with Crippen molar-refractivity contribution in [2.45, 2.75) is 32.0 Å². The highest BCUT2D eigenvalue weighted by Gasteiger charge is 2.26. The lowest BCUT2D eigenvalue weighted by Crippen LogP contribution is -2.31. The van der Waals surface area contributed by atoms with Gasteiger partial charge in [-0.2, -0.15) is 5.10 Å². The Kier molecular flexibility index (Phi) is 2.84. The molecule has 1 aliphatic heterocycles. The second kappa shape index (κ2) is 4.11. The van der Waals surface area contributed by atoms with Gasteiger partial charge in [0.2, 0.25) is 0 Å². The first-order valence-electron chi connectivity index (χ1n) is 5.15. The van der Waals surface area contributed by atoms with Crippen LogP contribution in [-0.4, -0.2) is 45.0 Å². The van der Waals surface area contributed by atoms with Gasteiger partial charge in [-0.25, -0.2) is 0 Å². The van der Waals surface area contributed by atoms with Crippen LogP contribution in [0.2, 0.25) is 0 Å². The van der Waals surface area contributed by atoms with Crippen LogP contribution >= 0.6 is 0 Å². The van der Waals surface area contributed by atoms with Crippen LogP contribution < -0.4 is 0 Å². The van der Waals surface area contributed by atoms with Gasteiger partial charge >= 0.3 is 0 Å². The number of β-amino-alcohol motifs (C(OH)–C–C–N with tert-alkyl or cyclic N) is 1. The molecule has 2 heterocycles. The summed E-state index contributed by atoms with van der Waals surface area (Å²) in [5, 5.41) is 13.6. The molecule has 0 amide bonds. The summed E-state index contributed by atoms with van der Waals surface area (Å²) >= 11 is 0. The number of aliphatic hydroxyl groups is 1. The molecule has 78 valence electrons. The zero-order chi connectivity index (χ0) is 9.97. The van der Waals surface area contributed by atoms with Gasteiger partial charge < -0.3 is 5.11 Å². The molecule has 1 fully saturated rings. The highest BCUT2D eigenvalue weighted by atomic mass is 16.3. The third-order valence-corrected chi connectivity index (χ3v) is 2.86. The molecule has 0 bridgehead atoms. The fourth-order valence-corrected chi connectivity index (χ4v) is 2.04. The Morgan fingerprint density at radius 1 is 1.50 bits per heavy atom. The van der Waals surface area contributed by atoms with Crippen molar-refractivity contribution in [3.8, 4) is 0 Å². The van der Waals surface area contributed by atoms with Crippen LogP contribution in [0.25, 0.3) is 0 Å². The minimum atomic E-state index is -0.136. The minimum absolute atomic E-state index is 0.136. The predicted molar refractivity (Wildman–Crippen MR) is 53.9 cm³/mol. The molecular weight excluding hydrogens is 178 g/mol. The summed E-state index contributed by atoms with van der Waals surface area (Å²) in [6.45, 7) is 4.85. The average molecular weight is 195 g/mol. The molecule has 2 rings (SSSR count). The number of rotatable bonds is 3. The number of hydrogen-bond donors (Lipinski definition) is 1. The number of nitrogens with zero attached hydrogens (tertiary/aromatic N) is 3. The molecule has 14 heavy (non-hydrogen) atoms. The summed E-state index contributed by atoms with van der Waals surface area (Å²) < 4.78 is 1.93. The first-order chi connectivity index (χ1) is 6.75. The highest BCUT2D eigenvalue weighted by molar-refractivity contribution is 4.83. The van der Waals surface area contributed by atoms with E-state index in [1.54, 1.807) is 6.20 Å². The molecule has 1 N–H and O–H groups in total. The van der Waals surface area contributed by atoms with E-state index in [4.69, 9.17) is 0 Å². The minimum Gasteiger partial charge on any atom is -0.392 e. The monoisotopic (exact) mass is 195 g/mol. The van der Waals surface area contributed by atoms with Crippen LogP contribution in [0.15, 0.2) is 18.5 Å². The third-order valence-electron chi connectivity index (χ3n) is 2.86. The van der Waals surface area contributed by atoms with E-state index < -0.39 is 0 Å². The molecule has 2 unspecified atom stereocenters. The van der Waals surface area contributed by atoms with Crippen LogP contribution in [0.5, 0.6) is 0 Å². The summed E-state index contributed by atoms with van der Waals surface area (Å²) in [4.78, 5) is 2.31. The summed E-state index contributed by atoms with van der Waals surface area (Å²) in [7, 11) is 0. The maximum absolute atomic E-state index is 9.46. The van der Waals surface area contributed by atoms with E-state index in [1.165, 1.54) is 0 Å². The van der Waals surface area contributed by atoms with E-state index >= 15 is 0 Å². The fourth-order valence-electron chi connectivity index (χ4n) is 2.04. The third kappa shape index (κ3) is 2.13. The van der Waals surface area contributed by atoms with Crippen LogP contribution in [0.1, 0.15) is 13.3 Å². The van der Waals surface area contributed by atoms with Gasteiger partial charge in [-0.05, 0) is 19.4 Å². The lowest BCUT2D eigenvalue weighted by Gasteiger charge is -2.20. The maximum atomic E-state index is 9.46. The van der Waals surface area contributed by atoms with Gasteiger partial charge in [0, 0.05) is 31.5 Å². The fraction of sp³-hybridized carbons (Fsp3) is 0.700. The van der Waals surface area contributed by atoms with E-state index in [2.05, 4.69) is 16.9 Å². The molecule has 1 saturated heterocycles. The van der Waals surface area contributed by atoms with Gasteiger partial charge in [-0.1, -0.05) is 0 Å². The molecule has 0 radical (unpaired) electrons. The van der Waals surface area contributed by atoms with Crippen LogP contribution in [0, 0.1) is 0 Å². The van der Waals surface area contributed by atoms with Crippen molar-refractivity contribution in [3.05, 3.63) is 18.5 Å². The smallest absolute Gasteiger partial charge is 0.0682 e. The van der Waals surface area contributed by atoms with Gasteiger partial charge in [0.25, 0.3) is 0 Å². The summed E-state index contributed by atoms with van der Waals surface area (Å²) in [6, 6.07) is 2.43. The Hall–Kier alpha value is -0.870. The second-order valence-corrected chi connectivity index (χ2v) is 4.00. The zero-order valence-corrected chi connectivity index (χ0v) is 8.50. The quantitative estimate of drug-likeness (QED) is 0.756. The largest absolute Gasteiger partial charge is 0.392 e. The Bertz CT molecular complexity index is 273. The Balaban J connectivity index is 1.81. The van der Waals surface area contributed by atoms with Crippen molar-refractivity contribution in [1.29, 1.82) is 0 Å². The van der Waals surface area contributed by atoms with Crippen molar-refractivity contribution >= 4 is 0 Å².